The van der Waals surface area contributed by atoms with Crippen LogP contribution in [0.25, 0.3) is 5.69 Å². The molecule has 0 bridgehead atoms. The van der Waals surface area contributed by atoms with Crippen LogP contribution < -0.4 is 5.32 Å². The summed E-state index contributed by atoms with van der Waals surface area (Å²) in [4.78, 5) is 14.9. The standard InChI is InChI=1S/C21H22ClFN4O/c1-14-19(20(22)27(25-14)17-11-9-16(23)10-12-17)21(28)24-13-18(26(2)3)15-7-5-4-6-8-15/h4-12,18H,13H2,1-3H3,(H,24,28)/t18-/m1/s1. The Morgan fingerprint density at radius 3 is 2.43 bits per heavy atom. The maximum absolute atomic E-state index is 13.2. The van der Waals surface area contributed by atoms with Crippen LogP contribution in [-0.2, 0) is 0 Å². The number of rotatable bonds is 6. The minimum atomic E-state index is -0.350. The third-order valence-corrected chi connectivity index (χ3v) is 4.92. The van der Waals surface area contributed by atoms with E-state index < -0.39 is 0 Å². The van der Waals surface area contributed by atoms with Gasteiger partial charge in [-0.15, -0.1) is 0 Å². The summed E-state index contributed by atoms with van der Waals surface area (Å²) < 4.78 is 14.6. The van der Waals surface area contributed by atoms with Gasteiger partial charge in [-0.3, -0.25) is 4.79 Å². The summed E-state index contributed by atoms with van der Waals surface area (Å²) in [6.07, 6.45) is 0. The Morgan fingerprint density at radius 1 is 1.18 bits per heavy atom. The Hall–Kier alpha value is -2.70. The highest BCUT2D eigenvalue weighted by Gasteiger charge is 2.23. The second-order valence-electron chi connectivity index (χ2n) is 6.74. The van der Waals surface area contributed by atoms with Gasteiger partial charge >= 0.3 is 0 Å². The molecule has 0 radical (unpaired) electrons. The maximum Gasteiger partial charge on any atom is 0.256 e. The van der Waals surface area contributed by atoms with Crippen LogP contribution in [0.15, 0.2) is 54.6 Å². The Balaban J connectivity index is 1.80. The van der Waals surface area contributed by atoms with Crippen LogP contribution in [0.1, 0.15) is 27.7 Å². The first-order valence-corrected chi connectivity index (χ1v) is 9.27. The summed E-state index contributed by atoms with van der Waals surface area (Å²) in [5.74, 6) is -0.643. The fourth-order valence-corrected chi connectivity index (χ4v) is 3.42. The number of nitrogens with one attached hydrogen (secondary N) is 1. The minimum Gasteiger partial charge on any atom is -0.350 e. The Bertz CT molecular complexity index is 955. The summed E-state index contributed by atoms with van der Waals surface area (Å²) in [6, 6.07) is 15.8. The molecule has 0 aliphatic carbocycles. The van der Waals surface area contributed by atoms with E-state index in [4.69, 9.17) is 11.6 Å². The molecule has 1 atom stereocenters. The van der Waals surface area contributed by atoms with Crippen LogP contribution in [0.4, 0.5) is 4.39 Å². The molecule has 0 saturated heterocycles. The van der Waals surface area contributed by atoms with Gasteiger partial charge in [-0.25, -0.2) is 9.07 Å². The van der Waals surface area contributed by atoms with Gasteiger partial charge in [0.2, 0.25) is 0 Å². The number of hydrogen-bond acceptors (Lipinski definition) is 3. The van der Waals surface area contributed by atoms with E-state index in [0.717, 1.165) is 5.56 Å². The summed E-state index contributed by atoms with van der Waals surface area (Å²) >= 11 is 6.43. The molecule has 3 aromatic rings. The predicted octanol–water partition coefficient (Wildman–Crippen LogP) is 4.01. The highest BCUT2D eigenvalue weighted by Crippen LogP contribution is 2.24. The minimum absolute atomic E-state index is 0.0244. The number of amides is 1. The number of nitrogens with zero attached hydrogens (tertiary/aromatic N) is 3. The third-order valence-electron chi connectivity index (χ3n) is 4.57. The molecule has 0 unspecified atom stereocenters. The van der Waals surface area contributed by atoms with Crippen LogP contribution in [0.2, 0.25) is 5.15 Å². The average molecular weight is 401 g/mol. The third kappa shape index (κ3) is 4.24. The highest BCUT2D eigenvalue weighted by molar-refractivity contribution is 6.33. The van der Waals surface area contributed by atoms with E-state index >= 15 is 0 Å². The number of aryl methyl sites for hydroxylation is 1. The van der Waals surface area contributed by atoms with Gasteiger partial charge < -0.3 is 10.2 Å². The molecule has 0 aliphatic rings. The van der Waals surface area contributed by atoms with E-state index in [1.54, 1.807) is 19.1 Å². The topological polar surface area (TPSA) is 50.2 Å². The molecule has 7 heteroatoms. The molecule has 0 aliphatic heterocycles. The smallest absolute Gasteiger partial charge is 0.256 e. The fourth-order valence-electron chi connectivity index (χ4n) is 3.06. The molecule has 1 N–H and O–H groups in total. The van der Waals surface area contributed by atoms with E-state index in [1.807, 2.05) is 49.3 Å². The van der Waals surface area contributed by atoms with Crippen LogP contribution in [-0.4, -0.2) is 41.2 Å². The van der Waals surface area contributed by atoms with Crippen molar-refractivity contribution in [2.45, 2.75) is 13.0 Å². The summed E-state index contributed by atoms with van der Waals surface area (Å²) in [7, 11) is 3.93. The van der Waals surface area contributed by atoms with Gasteiger partial charge in [0.05, 0.1) is 23.0 Å². The van der Waals surface area contributed by atoms with Crippen molar-refractivity contribution in [2.24, 2.45) is 0 Å². The van der Waals surface area contributed by atoms with Crippen molar-refractivity contribution in [2.75, 3.05) is 20.6 Å². The second kappa shape index (κ2) is 8.54. The van der Waals surface area contributed by atoms with Crippen molar-refractivity contribution in [1.82, 2.24) is 20.0 Å². The zero-order valence-corrected chi connectivity index (χ0v) is 16.7. The second-order valence-corrected chi connectivity index (χ2v) is 7.10. The molecule has 0 spiro atoms. The highest BCUT2D eigenvalue weighted by atomic mass is 35.5. The van der Waals surface area contributed by atoms with Gasteiger partial charge in [-0.2, -0.15) is 5.10 Å². The van der Waals surface area contributed by atoms with Gasteiger partial charge in [0.25, 0.3) is 5.91 Å². The number of carbonyl (C=O) groups is 1. The average Bonchev–Trinajstić information content (AvgIpc) is 2.97. The molecular weight excluding hydrogens is 379 g/mol. The summed E-state index contributed by atoms with van der Waals surface area (Å²) in [6.45, 7) is 2.15. The first kappa shape index (κ1) is 20.0. The molecule has 146 valence electrons. The lowest BCUT2D eigenvalue weighted by molar-refractivity contribution is 0.0941. The predicted molar refractivity (Wildman–Crippen MR) is 108 cm³/mol. The van der Waals surface area contributed by atoms with Gasteiger partial charge in [0, 0.05) is 6.54 Å². The molecule has 0 saturated carbocycles. The zero-order valence-electron chi connectivity index (χ0n) is 16.0. The molecule has 5 nitrogen and oxygen atoms in total. The van der Waals surface area contributed by atoms with Crippen LogP contribution >= 0.6 is 11.6 Å². The van der Waals surface area contributed by atoms with E-state index in [9.17, 15) is 9.18 Å². The van der Waals surface area contributed by atoms with Crippen molar-refractivity contribution >= 4 is 17.5 Å². The molecule has 1 heterocycles. The molecule has 28 heavy (non-hydrogen) atoms. The van der Waals surface area contributed by atoms with Gasteiger partial charge in [0.1, 0.15) is 11.0 Å². The molecule has 1 aromatic heterocycles. The van der Waals surface area contributed by atoms with Crippen LogP contribution in [0.5, 0.6) is 0 Å². The quantitative estimate of drug-likeness (QED) is 0.680. The number of likely N-dealkylation sites (N-methyl/N-ethyl adjacent to an activating group) is 1. The van der Waals surface area contributed by atoms with E-state index in [1.165, 1.54) is 16.8 Å². The molecule has 3 rings (SSSR count). The fraction of sp³-hybridized carbons (Fsp3) is 0.238. The van der Waals surface area contributed by atoms with E-state index in [0.29, 0.717) is 23.5 Å². The van der Waals surface area contributed by atoms with Gasteiger partial charge in [-0.05, 0) is 50.8 Å². The van der Waals surface area contributed by atoms with E-state index in [-0.39, 0.29) is 22.9 Å². The monoisotopic (exact) mass is 400 g/mol. The lowest BCUT2D eigenvalue weighted by Crippen LogP contribution is -2.34. The van der Waals surface area contributed by atoms with Crippen LogP contribution in [0.3, 0.4) is 0 Å². The lowest BCUT2D eigenvalue weighted by atomic mass is 10.1. The van der Waals surface area contributed by atoms with Crippen molar-refractivity contribution in [3.8, 4) is 5.69 Å². The molecular formula is C21H22ClFN4O. The number of halogens is 2. The summed E-state index contributed by atoms with van der Waals surface area (Å²) in [5, 5.41) is 7.50. The summed E-state index contributed by atoms with van der Waals surface area (Å²) in [5.41, 5.74) is 2.52. The Morgan fingerprint density at radius 2 is 1.82 bits per heavy atom. The van der Waals surface area contributed by atoms with Gasteiger partial charge in [0.15, 0.2) is 0 Å². The number of hydrogen-bond donors (Lipinski definition) is 1. The van der Waals surface area contributed by atoms with Crippen molar-refractivity contribution in [3.05, 3.63) is 82.4 Å². The molecule has 1 amide bonds. The zero-order chi connectivity index (χ0) is 20.3. The van der Waals surface area contributed by atoms with E-state index in [2.05, 4.69) is 10.4 Å². The number of aromatic nitrogens is 2. The Kier molecular flexibility index (Phi) is 6.11. The van der Waals surface area contributed by atoms with Crippen molar-refractivity contribution in [3.63, 3.8) is 0 Å². The van der Waals surface area contributed by atoms with Crippen molar-refractivity contribution in [1.29, 1.82) is 0 Å². The molecule has 0 fully saturated rings. The Labute approximate surface area is 168 Å². The van der Waals surface area contributed by atoms with Gasteiger partial charge in [-0.1, -0.05) is 41.9 Å². The van der Waals surface area contributed by atoms with Crippen LogP contribution in [0, 0.1) is 12.7 Å². The SMILES string of the molecule is Cc1nn(-c2ccc(F)cc2)c(Cl)c1C(=O)NC[C@H](c1ccccc1)N(C)C. The largest absolute Gasteiger partial charge is 0.350 e. The number of benzene rings is 2. The number of carbonyl (C=O) groups excluding carboxylic acids is 1. The normalized spacial score (nSPS) is 12.2. The molecule has 2 aromatic carbocycles. The lowest BCUT2D eigenvalue weighted by Gasteiger charge is -2.25. The van der Waals surface area contributed by atoms with Crippen molar-refractivity contribution < 1.29 is 9.18 Å². The first-order valence-electron chi connectivity index (χ1n) is 8.89. The first-order chi connectivity index (χ1) is 13.4. The maximum atomic E-state index is 13.2.